The van der Waals surface area contributed by atoms with Crippen LogP contribution in [0.1, 0.15) is 13.8 Å². The number of hydrogen-bond acceptors (Lipinski definition) is 4. The molecule has 1 aliphatic heterocycles. The molecule has 76 valence electrons. The zero-order valence-electron chi connectivity index (χ0n) is 7.95. The fraction of sp³-hybridized carbons (Fsp3) is 0.625. The van der Waals surface area contributed by atoms with Crippen LogP contribution in [0.2, 0.25) is 0 Å². The fourth-order valence-electron chi connectivity index (χ4n) is 1.15. The highest BCUT2D eigenvalue weighted by atomic mass is 16.6. The van der Waals surface area contributed by atoms with Gasteiger partial charge in [-0.25, -0.2) is 0 Å². The first-order valence-corrected chi connectivity index (χ1v) is 4.18. The van der Waals surface area contributed by atoms with E-state index in [0.29, 0.717) is 0 Å². The molecule has 0 aromatic rings. The summed E-state index contributed by atoms with van der Waals surface area (Å²) in [5.41, 5.74) is 8.18. The summed E-state index contributed by atoms with van der Waals surface area (Å²) in [7, 11) is 0. The van der Waals surface area contributed by atoms with Gasteiger partial charge >= 0.3 is 5.97 Å². The number of rotatable bonds is 2. The Labute approximate surface area is 81.1 Å². The van der Waals surface area contributed by atoms with Crippen LogP contribution in [0.25, 0.3) is 10.4 Å². The first-order valence-electron chi connectivity index (χ1n) is 4.18. The molecule has 3 atom stereocenters. The molecule has 0 fully saturated rings. The van der Waals surface area contributed by atoms with Crippen molar-refractivity contribution < 1.29 is 14.3 Å². The zero-order valence-corrected chi connectivity index (χ0v) is 7.95. The van der Waals surface area contributed by atoms with Crippen LogP contribution in [-0.4, -0.2) is 24.4 Å². The Bertz CT molecular complexity index is 296. The largest absolute Gasteiger partial charge is 0.456 e. The Kier molecular flexibility index (Phi) is 3.50. The van der Waals surface area contributed by atoms with Crippen molar-refractivity contribution in [3.8, 4) is 0 Å². The summed E-state index contributed by atoms with van der Waals surface area (Å²) in [5.74, 6) is -0.364. The van der Waals surface area contributed by atoms with Gasteiger partial charge in [0.25, 0.3) is 0 Å². The first-order chi connectivity index (χ1) is 6.63. The summed E-state index contributed by atoms with van der Waals surface area (Å²) in [6.07, 6.45) is 1.90. The number of esters is 1. The first kappa shape index (κ1) is 10.6. The van der Waals surface area contributed by atoms with Crippen molar-refractivity contribution in [2.45, 2.75) is 32.3 Å². The molecule has 0 aliphatic carbocycles. The predicted molar refractivity (Wildman–Crippen MR) is 48.2 cm³/mol. The van der Waals surface area contributed by atoms with E-state index >= 15 is 0 Å². The summed E-state index contributed by atoms with van der Waals surface area (Å²) < 4.78 is 10.2. The average Bonchev–Trinajstić information content (AvgIpc) is 2.10. The van der Waals surface area contributed by atoms with Crippen molar-refractivity contribution in [1.29, 1.82) is 0 Å². The topological polar surface area (TPSA) is 84.3 Å². The molecular formula is C8H11N3O3. The molecule has 1 rings (SSSR count). The Balaban J connectivity index is 2.62. The van der Waals surface area contributed by atoms with Gasteiger partial charge in [-0.15, -0.1) is 0 Å². The molecule has 0 unspecified atom stereocenters. The van der Waals surface area contributed by atoms with Crippen LogP contribution in [-0.2, 0) is 14.3 Å². The highest BCUT2D eigenvalue weighted by Crippen LogP contribution is 2.16. The molecule has 6 heteroatoms. The second kappa shape index (κ2) is 4.64. The van der Waals surface area contributed by atoms with Crippen LogP contribution in [0.15, 0.2) is 17.3 Å². The van der Waals surface area contributed by atoms with E-state index in [0.717, 1.165) is 0 Å². The maximum atomic E-state index is 10.7. The molecule has 0 spiro atoms. The van der Waals surface area contributed by atoms with Gasteiger partial charge < -0.3 is 9.47 Å². The average molecular weight is 197 g/mol. The molecule has 0 saturated carbocycles. The number of carbonyl (C=O) groups is 1. The van der Waals surface area contributed by atoms with E-state index in [-0.39, 0.29) is 12.1 Å². The summed E-state index contributed by atoms with van der Waals surface area (Å²) >= 11 is 0. The molecule has 0 saturated heterocycles. The van der Waals surface area contributed by atoms with Crippen LogP contribution < -0.4 is 0 Å². The summed E-state index contributed by atoms with van der Waals surface area (Å²) in [4.78, 5) is 13.3. The highest BCUT2D eigenvalue weighted by molar-refractivity contribution is 5.66. The second-order valence-corrected chi connectivity index (χ2v) is 2.90. The minimum Gasteiger partial charge on any atom is -0.456 e. The van der Waals surface area contributed by atoms with Crippen LogP contribution in [0.3, 0.4) is 0 Å². The van der Waals surface area contributed by atoms with Crippen LogP contribution in [0.5, 0.6) is 0 Å². The number of azide groups is 1. The SMILES string of the molecule is CC(=O)O[C@H]1C=C[C@H](N=[N+]=[N-])O[C@H]1C. The lowest BCUT2D eigenvalue weighted by atomic mass is 10.1. The molecule has 1 heterocycles. The lowest BCUT2D eigenvalue weighted by Crippen LogP contribution is -2.35. The van der Waals surface area contributed by atoms with Crippen molar-refractivity contribution in [1.82, 2.24) is 0 Å². The van der Waals surface area contributed by atoms with Gasteiger partial charge in [0.1, 0.15) is 6.10 Å². The third-order valence-electron chi connectivity index (χ3n) is 1.75. The van der Waals surface area contributed by atoms with E-state index < -0.39 is 12.3 Å². The monoisotopic (exact) mass is 197 g/mol. The van der Waals surface area contributed by atoms with Crippen LogP contribution in [0.4, 0.5) is 0 Å². The number of nitrogens with zero attached hydrogens (tertiary/aromatic N) is 3. The minimum atomic E-state index is -0.609. The molecular weight excluding hydrogens is 186 g/mol. The molecule has 14 heavy (non-hydrogen) atoms. The van der Waals surface area contributed by atoms with E-state index in [9.17, 15) is 4.79 Å². The predicted octanol–water partition coefficient (Wildman–Crippen LogP) is 1.53. The van der Waals surface area contributed by atoms with E-state index in [1.54, 1.807) is 19.1 Å². The van der Waals surface area contributed by atoms with Gasteiger partial charge in [0, 0.05) is 11.8 Å². The number of hydrogen-bond donors (Lipinski definition) is 0. The third kappa shape index (κ3) is 2.76. The number of ether oxygens (including phenoxy) is 2. The molecule has 0 bridgehead atoms. The number of carbonyl (C=O) groups excluding carboxylic acids is 1. The van der Waals surface area contributed by atoms with Crippen molar-refractivity contribution in [3.63, 3.8) is 0 Å². The molecule has 0 amide bonds. The summed E-state index contributed by atoms with van der Waals surface area (Å²) in [5, 5.41) is 3.38. The highest BCUT2D eigenvalue weighted by Gasteiger charge is 2.24. The molecule has 6 nitrogen and oxygen atoms in total. The van der Waals surface area contributed by atoms with Crippen LogP contribution >= 0.6 is 0 Å². The van der Waals surface area contributed by atoms with Gasteiger partial charge in [-0.05, 0) is 18.5 Å². The second-order valence-electron chi connectivity index (χ2n) is 2.90. The van der Waals surface area contributed by atoms with Crippen molar-refractivity contribution in [2.75, 3.05) is 0 Å². The van der Waals surface area contributed by atoms with E-state index in [4.69, 9.17) is 15.0 Å². The van der Waals surface area contributed by atoms with Gasteiger partial charge in [0.2, 0.25) is 0 Å². The Morgan fingerprint density at radius 3 is 2.86 bits per heavy atom. The Morgan fingerprint density at radius 1 is 1.64 bits per heavy atom. The Morgan fingerprint density at radius 2 is 2.36 bits per heavy atom. The van der Waals surface area contributed by atoms with Gasteiger partial charge in [0.15, 0.2) is 6.23 Å². The molecule has 0 radical (unpaired) electrons. The zero-order chi connectivity index (χ0) is 10.6. The normalized spacial score (nSPS) is 30.6. The lowest BCUT2D eigenvalue weighted by molar-refractivity contribution is -0.152. The molecule has 0 aromatic carbocycles. The van der Waals surface area contributed by atoms with E-state index in [2.05, 4.69) is 10.0 Å². The maximum absolute atomic E-state index is 10.7. The third-order valence-corrected chi connectivity index (χ3v) is 1.75. The van der Waals surface area contributed by atoms with Crippen molar-refractivity contribution >= 4 is 5.97 Å². The minimum absolute atomic E-state index is 0.306. The van der Waals surface area contributed by atoms with E-state index in [1.165, 1.54) is 6.92 Å². The molecule has 0 N–H and O–H groups in total. The summed E-state index contributed by atoms with van der Waals surface area (Å²) in [6.45, 7) is 3.08. The van der Waals surface area contributed by atoms with Gasteiger partial charge in [-0.2, -0.15) is 0 Å². The quantitative estimate of drug-likeness (QED) is 0.221. The van der Waals surface area contributed by atoms with E-state index in [1.807, 2.05) is 0 Å². The fourth-order valence-corrected chi connectivity index (χ4v) is 1.15. The lowest BCUT2D eigenvalue weighted by Gasteiger charge is -2.27. The van der Waals surface area contributed by atoms with Gasteiger partial charge in [-0.3, -0.25) is 4.79 Å². The van der Waals surface area contributed by atoms with Gasteiger partial charge in [-0.1, -0.05) is 11.2 Å². The molecule has 0 aromatic heterocycles. The maximum Gasteiger partial charge on any atom is 0.303 e. The van der Waals surface area contributed by atoms with Crippen molar-refractivity contribution in [3.05, 3.63) is 22.6 Å². The van der Waals surface area contributed by atoms with Crippen LogP contribution in [0, 0.1) is 0 Å². The Hall–Kier alpha value is -1.52. The standard InChI is InChI=1S/C8H11N3O3/c1-5-7(14-6(2)12)3-4-8(13-5)10-11-9/h3-5,7-8H,1-2H3/t5-,7-,8+/m0/s1. The smallest absolute Gasteiger partial charge is 0.303 e. The van der Waals surface area contributed by atoms with Crippen molar-refractivity contribution in [2.24, 2.45) is 5.11 Å². The van der Waals surface area contributed by atoms with Gasteiger partial charge in [0.05, 0.1) is 6.10 Å². The summed E-state index contributed by atoms with van der Waals surface area (Å²) in [6, 6.07) is 0. The molecule has 1 aliphatic rings.